The van der Waals surface area contributed by atoms with E-state index in [0.717, 1.165) is 53.5 Å². The van der Waals surface area contributed by atoms with Crippen LogP contribution in [0.15, 0.2) is 47.4 Å². The Morgan fingerprint density at radius 2 is 1.87 bits per heavy atom. The first-order valence-corrected chi connectivity index (χ1v) is 12.2. The topological polar surface area (TPSA) is 64.9 Å². The minimum atomic E-state index is -1.34. The van der Waals surface area contributed by atoms with Gasteiger partial charge in [-0.05, 0) is 91.2 Å². The molecule has 2 heterocycles. The first-order valence-electron chi connectivity index (χ1n) is 11.1. The van der Waals surface area contributed by atoms with E-state index in [1.165, 1.54) is 23.1 Å². The van der Waals surface area contributed by atoms with E-state index < -0.39 is 11.4 Å². The minimum absolute atomic E-state index is 0.485. The second-order valence-electron chi connectivity index (χ2n) is 8.79. The van der Waals surface area contributed by atoms with Crippen LogP contribution in [0.1, 0.15) is 42.8 Å². The molecule has 5 nitrogen and oxygen atoms in total. The summed E-state index contributed by atoms with van der Waals surface area (Å²) in [7, 11) is 1.93. The van der Waals surface area contributed by atoms with Crippen LogP contribution in [-0.2, 0) is 37.8 Å². The van der Waals surface area contributed by atoms with Gasteiger partial charge in [-0.15, -0.1) is 0 Å². The average Bonchev–Trinajstić information content (AvgIpc) is 2.92. The Morgan fingerprint density at radius 3 is 2.61 bits per heavy atom. The van der Waals surface area contributed by atoms with Crippen LogP contribution in [0.2, 0.25) is 0 Å². The lowest BCUT2D eigenvalue weighted by Gasteiger charge is -2.14. The van der Waals surface area contributed by atoms with Gasteiger partial charge in [0.15, 0.2) is 4.90 Å². The SMILES string of the molecule is Cc1c(N[S+]([O-])c2ccc(-c3ccc4c(c3)CNCCC4)cc2)c(CC(C)C)nn1C. The molecule has 31 heavy (non-hydrogen) atoms. The Labute approximate surface area is 188 Å². The number of hydrogen-bond donors (Lipinski definition) is 2. The third kappa shape index (κ3) is 4.97. The van der Waals surface area contributed by atoms with Crippen LogP contribution in [0.25, 0.3) is 11.1 Å². The number of nitrogens with zero attached hydrogens (tertiary/aromatic N) is 2. The predicted molar refractivity (Wildman–Crippen MR) is 128 cm³/mol. The number of rotatable bonds is 6. The number of nitrogens with one attached hydrogen (secondary N) is 2. The number of hydrogen-bond acceptors (Lipinski definition) is 4. The van der Waals surface area contributed by atoms with Crippen molar-refractivity contribution >= 4 is 17.0 Å². The van der Waals surface area contributed by atoms with Gasteiger partial charge in [0.1, 0.15) is 17.0 Å². The maximum absolute atomic E-state index is 13.0. The summed E-state index contributed by atoms with van der Waals surface area (Å²) in [6.07, 6.45) is 3.18. The van der Waals surface area contributed by atoms with Crippen LogP contribution in [0.3, 0.4) is 0 Å². The van der Waals surface area contributed by atoms with Crippen LogP contribution in [0.5, 0.6) is 0 Å². The quantitative estimate of drug-likeness (QED) is 0.547. The summed E-state index contributed by atoms with van der Waals surface area (Å²) in [5.74, 6) is 0.485. The highest BCUT2D eigenvalue weighted by Gasteiger charge is 2.20. The van der Waals surface area contributed by atoms with Crippen LogP contribution in [0.4, 0.5) is 5.69 Å². The Kier molecular flexibility index (Phi) is 6.70. The van der Waals surface area contributed by atoms with Crippen LogP contribution >= 0.6 is 0 Å². The fraction of sp³-hybridized carbons (Fsp3) is 0.400. The van der Waals surface area contributed by atoms with Gasteiger partial charge in [-0.25, -0.2) is 0 Å². The first kappa shape index (κ1) is 21.9. The third-order valence-electron chi connectivity index (χ3n) is 5.93. The molecule has 2 aromatic carbocycles. The molecule has 3 aromatic rings. The second-order valence-corrected chi connectivity index (χ2v) is 10.0. The highest BCUT2D eigenvalue weighted by atomic mass is 32.2. The third-order valence-corrected chi connectivity index (χ3v) is 7.02. The zero-order chi connectivity index (χ0) is 22.0. The van der Waals surface area contributed by atoms with E-state index in [0.29, 0.717) is 5.92 Å². The van der Waals surface area contributed by atoms with Gasteiger partial charge in [-0.3, -0.25) is 4.68 Å². The predicted octanol–water partition coefficient (Wildman–Crippen LogP) is 4.76. The Hall–Kier alpha value is -2.28. The molecule has 164 valence electrons. The molecule has 0 spiro atoms. The zero-order valence-electron chi connectivity index (χ0n) is 18.9. The molecular weight excluding hydrogens is 404 g/mol. The van der Waals surface area contributed by atoms with Crippen LogP contribution < -0.4 is 10.0 Å². The smallest absolute Gasteiger partial charge is 0.179 e. The molecule has 4 rings (SSSR count). The van der Waals surface area contributed by atoms with Gasteiger partial charge >= 0.3 is 0 Å². The largest absolute Gasteiger partial charge is 0.588 e. The van der Waals surface area contributed by atoms with Crippen molar-refractivity contribution < 1.29 is 4.55 Å². The van der Waals surface area contributed by atoms with Gasteiger partial charge in [0.25, 0.3) is 0 Å². The fourth-order valence-corrected chi connectivity index (χ4v) is 5.05. The lowest BCUT2D eigenvalue weighted by atomic mass is 9.97. The highest BCUT2D eigenvalue weighted by molar-refractivity contribution is 7.92. The molecule has 1 aliphatic rings. The first-order chi connectivity index (χ1) is 14.9. The van der Waals surface area contributed by atoms with E-state index in [1.54, 1.807) is 0 Å². The Balaban J connectivity index is 1.52. The van der Waals surface area contributed by atoms with Crippen molar-refractivity contribution in [3.63, 3.8) is 0 Å². The maximum Gasteiger partial charge on any atom is 0.179 e. The van der Waals surface area contributed by atoms with Gasteiger partial charge in [-0.1, -0.05) is 26.0 Å². The van der Waals surface area contributed by atoms with Gasteiger partial charge in [0.05, 0.1) is 11.4 Å². The molecule has 0 bridgehead atoms. The fourth-order valence-electron chi connectivity index (χ4n) is 4.10. The van der Waals surface area contributed by atoms with Crippen molar-refractivity contribution in [2.24, 2.45) is 13.0 Å². The summed E-state index contributed by atoms with van der Waals surface area (Å²) in [5, 5.41) is 8.10. The number of anilines is 1. The number of benzene rings is 2. The van der Waals surface area contributed by atoms with Crippen molar-refractivity contribution in [3.05, 3.63) is 65.0 Å². The molecule has 0 saturated heterocycles. The van der Waals surface area contributed by atoms with Crippen LogP contribution in [0, 0.1) is 12.8 Å². The summed E-state index contributed by atoms with van der Waals surface area (Å²) in [6, 6.07) is 14.8. The highest BCUT2D eigenvalue weighted by Crippen LogP contribution is 2.28. The molecule has 0 fully saturated rings. The molecule has 2 N–H and O–H groups in total. The summed E-state index contributed by atoms with van der Waals surface area (Å²) in [4.78, 5) is 0.763. The number of fused-ring (bicyclic) bond motifs is 1. The monoisotopic (exact) mass is 436 g/mol. The number of aryl methyl sites for hydroxylation is 2. The standard InChI is InChI=1S/C25H32N4OS/c1-17(2)14-24-25(18(3)29(4)27-24)28-31(30)23-11-9-20(10-12-23)21-8-7-19-6-5-13-26-16-22(19)15-21/h7-12,15,17,26,28H,5-6,13-14,16H2,1-4H3. The summed E-state index contributed by atoms with van der Waals surface area (Å²) in [5.41, 5.74) is 8.03. The van der Waals surface area contributed by atoms with Gasteiger partial charge < -0.3 is 9.87 Å². The van der Waals surface area contributed by atoms with Gasteiger partial charge in [0, 0.05) is 13.6 Å². The second kappa shape index (κ2) is 9.47. The Bertz CT molecular complexity index is 1040. The lowest BCUT2D eigenvalue weighted by molar-refractivity contribution is 0.599. The van der Waals surface area contributed by atoms with E-state index >= 15 is 0 Å². The normalized spacial score (nSPS) is 14.9. The molecule has 0 aliphatic carbocycles. The van der Waals surface area contributed by atoms with E-state index in [4.69, 9.17) is 0 Å². The van der Waals surface area contributed by atoms with Crippen molar-refractivity contribution in [1.29, 1.82) is 0 Å². The maximum atomic E-state index is 13.0. The van der Waals surface area contributed by atoms with E-state index in [-0.39, 0.29) is 0 Å². The van der Waals surface area contributed by atoms with Crippen molar-refractivity contribution in [1.82, 2.24) is 15.1 Å². The van der Waals surface area contributed by atoms with E-state index in [2.05, 4.69) is 59.3 Å². The molecule has 0 saturated carbocycles. The molecule has 0 amide bonds. The van der Waals surface area contributed by atoms with Gasteiger partial charge in [0.2, 0.25) is 0 Å². The summed E-state index contributed by atoms with van der Waals surface area (Å²) < 4.78 is 18.1. The molecule has 0 radical (unpaired) electrons. The molecule has 6 heteroatoms. The molecular formula is C25H32N4OS. The van der Waals surface area contributed by atoms with E-state index in [9.17, 15) is 4.55 Å². The molecule has 1 unspecified atom stereocenters. The summed E-state index contributed by atoms with van der Waals surface area (Å²) in [6.45, 7) is 8.35. The average molecular weight is 437 g/mol. The molecule has 1 aromatic heterocycles. The molecule has 1 aliphatic heterocycles. The lowest BCUT2D eigenvalue weighted by Crippen LogP contribution is -2.15. The van der Waals surface area contributed by atoms with Crippen molar-refractivity contribution in [2.75, 3.05) is 11.3 Å². The van der Waals surface area contributed by atoms with Crippen LogP contribution in [-0.4, -0.2) is 20.9 Å². The molecule has 1 atom stereocenters. The minimum Gasteiger partial charge on any atom is -0.588 e. The Morgan fingerprint density at radius 1 is 1.13 bits per heavy atom. The zero-order valence-corrected chi connectivity index (χ0v) is 19.7. The van der Waals surface area contributed by atoms with Crippen molar-refractivity contribution in [3.8, 4) is 11.1 Å². The van der Waals surface area contributed by atoms with E-state index in [1.807, 2.05) is 30.8 Å². The summed E-state index contributed by atoms with van der Waals surface area (Å²) >= 11 is -1.34. The number of aromatic nitrogens is 2. The van der Waals surface area contributed by atoms with Gasteiger partial charge in [-0.2, -0.15) is 9.82 Å². The van der Waals surface area contributed by atoms with Crippen molar-refractivity contribution in [2.45, 2.75) is 51.5 Å².